The fourth-order valence-electron chi connectivity index (χ4n) is 3.48. The van der Waals surface area contributed by atoms with Gasteiger partial charge in [-0.3, -0.25) is 19.3 Å². The normalized spacial score (nSPS) is 14.0. The Balaban J connectivity index is 1.59. The Labute approximate surface area is 171 Å². The second-order valence-corrected chi connectivity index (χ2v) is 7.56. The Morgan fingerprint density at radius 1 is 1.00 bits per heavy atom. The molecule has 0 unspecified atom stereocenters. The van der Waals surface area contributed by atoms with E-state index in [1.807, 2.05) is 38.4 Å². The average Bonchev–Trinajstić information content (AvgIpc) is 3.03. The summed E-state index contributed by atoms with van der Waals surface area (Å²) in [4.78, 5) is 38.8. The first-order chi connectivity index (χ1) is 13.9. The molecule has 0 bridgehead atoms. The summed E-state index contributed by atoms with van der Waals surface area (Å²) in [7, 11) is 4.09. The first kappa shape index (κ1) is 20.7. The molecule has 3 rings (SSSR count). The van der Waals surface area contributed by atoms with Crippen molar-refractivity contribution in [2.45, 2.75) is 32.4 Å². The van der Waals surface area contributed by atoms with Gasteiger partial charge in [0.2, 0.25) is 17.7 Å². The van der Waals surface area contributed by atoms with E-state index < -0.39 is 0 Å². The molecule has 2 aromatic rings. The smallest absolute Gasteiger partial charge is 0.229 e. The van der Waals surface area contributed by atoms with E-state index in [4.69, 9.17) is 0 Å². The predicted octanol–water partition coefficient (Wildman–Crippen LogP) is 2.57. The summed E-state index contributed by atoms with van der Waals surface area (Å²) in [5.41, 5.74) is 4.45. The van der Waals surface area contributed by atoms with Gasteiger partial charge >= 0.3 is 0 Å². The Kier molecular flexibility index (Phi) is 6.77. The van der Waals surface area contributed by atoms with Crippen LogP contribution < -0.4 is 5.32 Å². The number of imide groups is 1. The van der Waals surface area contributed by atoms with Gasteiger partial charge in [-0.15, -0.1) is 0 Å². The molecule has 152 valence electrons. The standard InChI is InChI=1S/C23H27N3O3/c1-25(2)16-17-7-9-18(10-8-17)20-6-4-3-5-19(20)15-24-21(27)13-14-26-22(28)11-12-23(26)29/h3-10H,11-16H2,1-2H3,(H,24,27). The quantitative estimate of drug-likeness (QED) is 0.700. The maximum absolute atomic E-state index is 12.2. The fraction of sp³-hybridized carbons (Fsp3) is 0.348. The molecule has 6 nitrogen and oxygen atoms in total. The number of carbonyl (C=O) groups excluding carboxylic acids is 3. The van der Waals surface area contributed by atoms with Crippen LogP contribution in [-0.4, -0.2) is 48.2 Å². The zero-order valence-corrected chi connectivity index (χ0v) is 17.0. The molecule has 0 aliphatic carbocycles. The molecule has 0 radical (unpaired) electrons. The van der Waals surface area contributed by atoms with Gasteiger partial charge in [0.25, 0.3) is 0 Å². The summed E-state index contributed by atoms with van der Waals surface area (Å²) in [6.45, 7) is 1.44. The summed E-state index contributed by atoms with van der Waals surface area (Å²) in [5, 5.41) is 2.91. The lowest BCUT2D eigenvalue weighted by Crippen LogP contribution is -2.34. The highest BCUT2D eigenvalue weighted by Crippen LogP contribution is 2.24. The van der Waals surface area contributed by atoms with Crippen molar-refractivity contribution >= 4 is 17.7 Å². The largest absolute Gasteiger partial charge is 0.352 e. The van der Waals surface area contributed by atoms with Crippen LogP contribution in [0.1, 0.15) is 30.4 Å². The minimum Gasteiger partial charge on any atom is -0.352 e. The molecule has 2 aromatic carbocycles. The van der Waals surface area contributed by atoms with Gasteiger partial charge in [-0.2, -0.15) is 0 Å². The lowest BCUT2D eigenvalue weighted by Gasteiger charge is -2.15. The molecule has 6 heteroatoms. The maximum Gasteiger partial charge on any atom is 0.229 e. The molecular formula is C23H27N3O3. The van der Waals surface area contributed by atoms with E-state index in [9.17, 15) is 14.4 Å². The van der Waals surface area contributed by atoms with Crippen molar-refractivity contribution in [3.8, 4) is 11.1 Å². The van der Waals surface area contributed by atoms with Crippen molar-refractivity contribution < 1.29 is 14.4 Å². The van der Waals surface area contributed by atoms with Crippen molar-refractivity contribution in [1.82, 2.24) is 15.1 Å². The van der Waals surface area contributed by atoms with Crippen LogP contribution in [0.2, 0.25) is 0 Å². The number of benzene rings is 2. The summed E-state index contributed by atoms with van der Waals surface area (Å²) in [5.74, 6) is -0.551. The summed E-state index contributed by atoms with van der Waals surface area (Å²) >= 11 is 0. The summed E-state index contributed by atoms with van der Waals surface area (Å²) in [6, 6.07) is 16.4. The van der Waals surface area contributed by atoms with Gasteiger partial charge in [0, 0.05) is 38.9 Å². The van der Waals surface area contributed by atoms with E-state index in [0.717, 1.165) is 23.2 Å². The number of carbonyl (C=O) groups is 3. The van der Waals surface area contributed by atoms with E-state index in [2.05, 4.69) is 34.5 Å². The third kappa shape index (κ3) is 5.51. The molecule has 1 aliphatic rings. The number of rotatable bonds is 8. The highest BCUT2D eigenvalue weighted by Gasteiger charge is 2.28. The zero-order valence-electron chi connectivity index (χ0n) is 17.0. The number of likely N-dealkylation sites (tertiary alicyclic amines) is 1. The number of hydrogen-bond acceptors (Lipinski definition) is 4. The Bertz CT molecular complexity index is 874. The van der Waals surface area contributed by atoms with Crippen molar-refractivity contribution in [2.24, 2.45) is 0 Å². The molecule has 1 aliphatic heterocycles. The van der Waals surface area contributed by atoms with Gasteiger partial charge < -0.3 is 10.2 Å². The topological polar surface area (TPSA) is 69.7 Å². The van der Waals surface area contributed by atoms with Crippen LogP contribution in [-0.2, 0) is 27.5 Å². The molecule has 1 saturated heterocycles. The van der Waals surface area contributed by atoms with Crippen LogP contribution in [0, 0.1) is 0 Å². The zero-order chi connectivity index (χ0) is 20.8. The highest BCUT2D eigenvalue weighted by molar-refractivity contribution is 6.02. The molecule has 3 amide bonds. The second kappa shape index (κ2) is 9.47. The van der Waals surface area contributed by atoms with E-state index in [-0.39, 0.29) is 43.5 Å². The summed E-state index contributed by atoms with van der Waals surface area (Å²) in [6.07, 6.45) is 0.626. The highest BCUT2D eigenvalue weighted by atomic mass is 16.2. The second-order valence-electron chi connectivity index (χ2n) is 7.56. The number of amides is 3. The molecule has 29 heavy (non-hydrogen) atoms. The molecule has 0 saturated carbocycles. The van der Waals surface area contributed by atoms with E-state index in [1.165, 1.54) is 10.5 Å². The monoisotopic (exact) mass is 393 g/mol. The lowest BCUT2D eigenvalue weighted by atomic mass is 9.98. The van der Waals surface area contributed by atoms with Crippen molar-refractivity contribution in [1.29, 1.82) is 0 Å². The van der Waals surface area contributed by atoms with E-state index in [1.54, 1.807) is 0 Å². The van der Waals surface area contributed by atoms with Gasteiger partial charge in [-0.25, -0.2) is 0 Å². The minimum absolute atomic E-state index is 0.124. The Morgan fingerprint density at radius 3 is 2.31 bits per heavy atom. The van der Waals surface area contributed by atoms with E-state index >= 15 is 0 Å². The number of nitrogens with one attached hydrogen (secondary N) is 1. The first-order valence-electron chi connectivity index (χ1n) is 9.86. The van der Waals surface area contributed by atoms with Crippen LogP contribution in [0.4, 0.5) is 0 Å². The van der Waals surface area contributed by atoms with E-state index in [0.29, 0.717) is 6.54 Å². The number of nitrogens with zero attached hydrogens (tertiary/aromatic N) is 2. The molecule has 1 N–H and O–H groups in total. The first-order valence-corrected chi connectivity index (χ1v) is 9.86. The third-order valence-electron chi connectivity index (χ3n) is 4.97. The molecule has 0 aromatic heterocycles. The SMILES string of the molecule is CN(C)Cc1ccc(-c2ccccc2CNC(=O)CCN2C(=O)CCC2=O)cc1. The van der Waals surface area contributed by atoms with Gasteiger partial charge in [0.05, 0.1) is 0 Å². The molecule has 1 fully saturated rings. The van der Waals surface area contributed by atoms with Crippen molar-refractivity contribution in [3.63, 3.8) is 0 Å². The van der Waals surface area contributed by atoms with Crippen LogP contribution in [0.15, 0.2) is 48.5 Å². The average molecular weight is 393 g/mol. The fourth-order valence-corrected chi connectivity index (χ4v) is 3.48. The Hall–Kier alpha value is -2.99. The lowest BCUT2D eigenvalue weighted by molar-refractivity contribution is -0.138. The van der Waals surface area contributed by atoms with Gasteiger partial charge in [-0.05, 0) is 36.3 Å². The Morgan fingerprint density at radius 2 is 1.66 bits per heavy atom. The summed E-state index contributed by atoms with van der Waals surface area (Å²) < 4.78 is 0. The van der Waals surface area contributed by atoms with Crippen LogP contribution in [0.3, 0.4) is 0 Å². The molecule has 0 atom stereocenters. The van der Waals surface area contributed by atoms with Gasteiger partial charge in [0.1, 0.15) is 0 Å². The van der Waals surface area contributed by atoms with Crippen LogP contribution in [0.5, 0.6) is 0 Å². The minimum atomic E-state index is -0.189. The van der Waals surface area contributed by atoms with Crippen LogP contribution in [0.25, 0.3) is 11.1 Å². The van der Waals surface area contributed by atoms with Crippen molar-refractivity contribution in [2.75, 3.05) is 20.6 Å². The predicted molar refractivity (Wildman–Crippen MR) is 112 cm³/mol. The third-order valence-corrected chi connectivity index (χ3v) is 4.97. The van der Waals surface area contributed by atoms with Gasteiger partial charge in [-0.1, -0.05) is 48.5 Å². The van der Waals surface area contributed by atoms with Crippen molar-refractivity contribution in [3.05, 3.63) is 59.7 Å². The molecule has 0 spiro atoms. The van der Waals surface area contributed by atoms with Gasteiger partial charge in [0.15, 0.2) is 0 Å². The van der Waals surface area contributed by atoms with Crippen LogP contribution >= 0.6 is 0 Å². The molecule has 1 heterocycles. The maximum atomic E-state index is 12.2. The molecular weight excluding hydrogens is 366 g/mol. The number of hydrogen-bond donors (Lipinski definition) is 1.